The van der Waals surface area contributed by atoms with Gasteiger partial charge in [0.2, 0.25) is 15.9 Å². The van der Waals surface area contributed by atoms with Crippen LogP contribution in [0.1, 0.15) is 31.2 Å². The quantitative estimate of drug-likeness (QED) is 0.188. The van der Waals surface area contributed by atoms with Gasteiger partial charge in [-0.25, -0.2) is 22.5 Å². The maximum atomic E-state index is 12.7. The van der Waals surface area contributed by atoms with E-state index in [9.17, 15) is 13.2 Å². The number of sulfonamides is 1. The van der Waals surface area contributed by atoms with E-state index in [2.05, 4.69) is 4.99 Å². The number of rotatable bonds is 12. The summed E-state index contributed by atoms with van der Waals surface area (Å²) < 4.78 is 37.4. The number of hydrogen-bond donors (Lipinski definition) is 0. The molecule has 1 aliphatic rings. The Morgan fingerprint density at radius 1 is 0.895 bits per heavy atom. The highest BCUT2D eigenvalue weighted by atomic mass is 32.2. The Bertz CT molecular complexity index is 1440. The van der Waals surface area contributed by atoms with Crippen molar-refractivity contribution in [3.05, 3.63) is 84.2 Å². The number of carbonyl (C=O) groups is 1. The number of aliphatic imine (C=N–C) groups is 1. The van der Waals surface area contributed by atoms with Gasteiger partial charge >= 0.3 is 5.97 Å². The molecule has 3 aromatic carbocycles. The first-order chi connectivity index (χ1) is 18.3. The van der Waals surface area contributed by atoms with Crippen molar-refractivity contribution in [2.45, 2.75) is 30.6 Å². The molecule has 9 heteroatoms. The van der Waals surface area contributed by atoms with Crippen LogP contribution in [0.4, 0.5) is 0 Å². The second-order valence-corrected chi connectivity index (χ2v) is 11.3. The zero-order valence-electron chi connectivity index (χ0n) is 22.0. The Kier molecular flexibility index (Phi) is 8.81. The molecule has 38 heavy (non-hydrogen) atoms. The molecule has 0 aliphatic carbocycles. The Morgan fingerprint density at radius 2 is 1.58 bits per heavy atom. The predicted octanol–water partition coefficient (Wildman–Crippen LogP) is 4.81. The number of carbonyl (C=O) groups excluding carboxylic acids is 1. The monoisotopic (exact) mass is 535 g/mol. The number of unbranched alkanes of at least 4 members (excludes halogenated alkanes) is 3. The molecule has 0 radical (unpaired) electrons. The Balaban J connectivity index is 1.23. The third-order valence-electron chi connectivity index (χ3n) is 6.48. The number of cyclic esters (lactones) is 1. The van der Waals surface area contributed by atoms with Crippen molar-refractivity contribution in [1.29, 1.82) is 0 Å². The van der Waals surface area contributed by atoms with E-state index in [0.29, 0.717) is 18.2 Å². The standard InChI is InChI=1S/C29H33N3O5S/c1-31(19-8-4-5-9-20-32(2)38(34,35)24-17-15-23(36-3)16-18-24)21-27-29(33)37-28(30-27)26-14-10-12-22-11-6-7-13-25(22)26/h6-7,10-18,21H,4-5,8-9,19-20H2,1-3H3. The molecule has 0 spiro atoms. The second kappa shape index (κ2) is 12.2. The molecule has 1 heterocycles. The van der Waals surface area contributed by atoms with E-state index in [1.807, 2.05) is 54.4 Å². The molecule has 0 saturated carbocycles. The van der Waals surface area contributed by atoms with Crippen molar-refractivity contribution in [2.75, 3.05) is 34.3 Å². The van der Waals surface area contributed by atoms with Gasteiger partial charge in [-0.3, -0.25) is 0 Å². The third-order valence-corrected chi connectivity index (χ3v) is 8.36. The molecule has 0 bridgehead atoms. The van der Waals surface area contributed by atoms with Crippen LogP contribution in [0.25, 0.3) is 10.8 Å². The zero-order valence-corrected chi connectivity index (χ0v) is 22.8. The Morgan fingerprint density at radius 3 is 2.32 bits per heavy atom. The van der Waals surface area contributed by atoms with E-state index in [1.165, 1.54) is 4.31 Å². The molecular weight excluding hydrogens is 502 g/mol. The molecule has 1 aliphatic heterocycles. The van der Waals surface area contributed by atoms with Crippen molar-refractivity contribution < 1.29 is 22.7 Å². The minimum Gasteiger partial charge on any atom is -0.497 e. The lowest BCUT2D eigenvalue weighted by Crippen LogP contribution is -2.28. The summed E-state index contributed by atoms with van der Waals surface area (Å²) in [7, 11) is 1.53. The van der Waals surface area contributed by atoms with Crippen LogP contribution in [0.2, 0.25) is 0 Å². The number of nitrogens with zero attached hydrogens (tertiary/aromatic N) is 3. The summed E-state index contributed by atoms with van der Waals surface area (Å²) in [4.78, 5) is 19.1. The molecule has 0 unspecified atom stereocenters. The average molecular weight is 536 g/mol. The fourth-order valence-corrected chi connectivity index (χ4v) is 5.51. The maximum absolute atomic E-state index is 12.7. The van der Waals surface area contributed by atoms with Gasteiger partial charge < -0.3 is 14.4 Å². The molecule has 0 amide bonds. The molecular formula is C29H33N3O5S. The maximum Gasteiger partial charge on any atom is 0.365 e. The van der Waals surface area contributed by atoms with Gasteiger partial charge in [0.25, 0.3) is 0 Å². The molecule has 3 aromatic rings. The highest BCUT2D eigenvalue weighted by Gasteiger charge is 2.25. The minimum atomic E-state index is -3.52. The van der Waals surface area contributed by atoms with Crippen molar-refractivity contribution >= 4 is 32.7 Å². The minimum absolute atomic E-state index is 0.257. The van der Waals surface area contributed by atoms with E-state index in [1.54, 1.807) is 44.6 Å². The van der Waals surface area contributed by atoms with Gasteiger partial charge in [0.15, 0.2) is 5.70 Å². The van der Waals surface area contributed by atoms with Gasteiger partial charge in [-0.05, 0) is 53.9 Å². The number of methoxy groups -OCH3 is 1. The van der Waals surface area contributed by atoms with Gasteiger partial charge in [-0.15, -0.1) is 0 Å². The predicted molar refractivity (Wildman–Crippen MR) is 149 cm³/mol. The van der Waals surface area contributed by atoms with E-state index < -0.39 is 16.0 Å². The van der Waals surface area contributed by atoms with Crippen molar-refractivity contribution in [1.82, 2.24) is 9.21 Å². The SMILES string of the molecule is COc1ccc(S(=O)(=O)N(C)CCCCCCN(C)C=C2N=C(c3cccc4ccccc34)OC2=O)cc1. The summed E-state index contributed by atoms with van der Waals surface area (Å²) in [5.74, 6) is 0.482. The van der Waals surface area contributed by atoms with Crippen LogP contribution in [0.5, 0.6) is 5.75 Å². The number of hydrogen-bond acceptors (Lipinski definition) is 7. The fourth-order valence-electron chi connectivity index (χ4n) is 4.30. The Labute approximate surface area is 224 Å². The van der Waals surface area contributed by atoms with Gasteiger partial charge in [0, 0.05) is 38.9 Å². The van der Waals surface area contributed by atoms with E-state index in [-0.39, 0.29) is 10.6 Å². The molecule has 0 aromatic heterocycles. The number of benzene rings is 3. The summed E-state index contributed by atoms with van der Waals surface area (Å²) in [5, 5.41) is 2.04. The van der Waals surface area contributed by atoms with Crippen molar-refractivity contribution in [3.8, 4) is 5.75 Å². The molecule has 0 atom stereocenters. The summed E-state index contributed by atoms with van der Waals surface area (Å²) in [6.07, 6.45) is 5.23. The smallest absolute Gasteiger partial charge is 0.365 e. The lowest BCUT2D eigenvalue weighted by Gasteiger charge is -2.17. The highest BCUT2D eigenvalue weighted by molar-refractivity contribution is 7.89. The zero-order chi connectivity index (χ0) is 27.1. The second-order valence-electron chi connectivity index (χ2n) is 9.24. The molecule has 0 saturated heterocycles. The van der Waals surface area contributed by atoms with Gasteiger partial charge in [-0.1, -0.05) is 49.2 Å². The summed E-state index contributed by atoms with van der Waals surface area (Å²) in [6.45, 7) is 1.20. The van der Waals surface area contributed by atoms with E-state index in [4.69, 9.17) is 9.47 Å². The van der Waals surface area contributed by atoms with Crippen LogP contribution < -0.4 is 4.74 Å². The number of ether oxygens (including phenoxy) is 2. The fraction of sp³-hybridized carbons (Fsp3) is 0.310. The first kappa shape index (κ1) is 27.3. The largest absolute Gasteiger partial charge is 0.497 e. The normalized spacial score (nSPS) is 14.7. The van der Waals surface area contributed by atoms with E-state index in [0.717, 1.165) is 48.6 Å². The topological polar surface area (TPSA) is 88.5 Å². The van der Waals surface area contributed by atoms with Crippen LogP contribution in [0, 0.1) is 0 Å². The van der Waals surface area contributed by atoms with Crippen molar-refractivity contribution in [2.24, 2.45) is 4.99 Å². The summed E-state index contributed by atoms with van der Waals surface area (Å²) >= 11 is 0. The summed E-state index contributed by atoms with van der Waals surface area (Å²) in [6, 6.07) is 20.2. The molecule has 4 rings (SSSR count). The molecule has 0 fully saturated rings. The molecule has 200 valence electrons. The van der Waals surface area contributed by atoms with Crippen LogP contribution in [0.3, 0.4) is 0 Å². The van der Waals surface area contributed by atoms with Crippen molar-refractivity contribution in [3.63, 3.8) is 0 Å². The van der Waals surface area contributed by atoms with Gasteiger partial charge in [0.05, 0.1) is 12.0 Å². The lowest BCUT2D eigenvalue weighted by molar-refractivity contribution is -0.130. The highest BCUT2D eigenvalue weighted by Crippen LogP contribution is 2.24. The van der Waals surface area contributed by atoms with Crippen LogP contribution in [-0.4, -0.2) is 63.8 Å². The first-order valence-electron chi connectivity index (χ1n) is 12.6. The van der Waals surface area contributed by atoms with Gasteiger partial charge in [0.1, 0.15) is 5.75 Å². The third kappa shape index (κ3) is 6.41. The molecule has 0 N–H and O–H groups in total. The van der Waals surface area contributed by atoms with Crippen LogP contribution >= 0.6 is 0 Å². The Hall–Kier alpha value is -3.69. The van der Waals surface area contributed by atoms with Gasteiger partial charge in [-0.2, -0.15) is 0 Å². The first-order valence-corrected chi connectivity index (χ1v) is 14.0. The van der Waals surface area contributed by atoms with E-state index >= 15 is 0 Å². The molecule has 8 nitrogen and oxygen atoms in total. The van der Waals surface area contributed by atoms with Crippen LogP contribution in [-0.2, 0) is 19.6 Å². The summed E-state index contributed by atoms with van der Waals surface area (Å²) in [5.41, 5.74) is 1.07. The van der Waals surface area contributed by atoms with Crippen LogP contribution in [0.15, 0.2) is 88.5 Å². The number of fused-ring (bicyclic) bond motifs is 1. The number of esters is 1. The average Bonchev–Trinajstić information content (AvgIpc) is 3.29. The lowest BCUT2D eigenvalue weighted by atomic mass is 10.0.